The highest BCUT2D eigenvalue weighted by atomic mass is 35.5. The Morgan fingerprint density at radius 1 is 0.865 bits per heavy atom. The molecule has 0 N–H and O–H groups in total. The molecule has 0 bridgehead atoms. The number of ether oxygens (including phenoxy) is 6. The Morgan fingerprint density at radius 3 is 1.81 bits per heavy atom. The normalized spacial score (nSPS) is 14.1. The van der Waals surface area contributed by atoms with Gasteiger partial charge in [-0.15, -0.1) is 0 Å². The monoisotopic (exact) mass is 530 g/mol. The second-order valence-corrected chi connectivity index (χ2v) is 8.74. The smallest absolute Gasteiger partial charge is 0.330 e. The van der Waals surface area contributed by atoms with Crippen molar-refractivity contribution < 1.29 is 38.0 Å². The number of allylic oxidation sites excluding steroid dienone is 2. The number of esters is 2. The molecule has 0 saturated carbocycles. The van der Waals surface area contributed by atoms with Crippen LogP contribution in [0.15, 0.2) is 60.7 Å². The van der Waals surface area contributed by atoms with E-state index in [4.69, 9.17) is 40.0 Å². The van der Waals surface area contributed by atoms with Gasteiger partial charge in [0, 0.05) is 59.7 Å². The number of benzene rings is 2. The molecule has 0 aliphatic heterocycles. The van der Waals surface area contributed by atoms with E-state index in [0.29, 0.717) is 29.4 Å². The van der Waals surface area contributed by atoms with Crippen LogP contribution in [0.4, 0.5) is 0 Å². The number of methoxy groups -OCH3 is 2. The van der Waals surface area contributed by atoms with Crippen LogP contribution in [0.5, 0.6) is 11.5 Å². The molecule has 0 radical (unpaired) electrons. The Labute approximate surface area is 221 Å². The Morgan fingerprint density at radius 2 is 1.35 bits per heavy atom. The Bertz CT molecular complexity index is 1170. The molecule has 2 aromatic carbocycles. The number of hydrogen-bond donors (Lipinski definition) is 0. The highest BCUT2D eigenvalue weighted by Crippen LogP contribution is 2.44. The molecule has 3 rings (SSSR count). The summed E-state index contributed by atoms with van der Waals surface area (Å²) >= 11 is 6.44. The Kier molecular flexibility index (Phi) is 10.6. The van der Waals surface area contributed by atoms with Crippen molar-refractivity contribution in [3.63, 3.8) is 0 Å². The summed E-state index contributed by atoms with van der Waals surface area (Å²) in [4.78, 5) is 23.5. The van der Waals surface area contributed by atoms with Gasteiger partial charge in [-0.2, -0.15) is 0 Å². The van der Waals surface area contributed by atoms with E-state index in [9.17, 15) is 9.59 Å². The number of carbonyl (C=O) groups excluding carboxylic acids is 2. The second-order valence-electron chi connectivity index (χ2n) is 8.25. The molecule has 0 spiro atoms. The van der Waals surface area contributed by atoms with Crippen molar-refractivity contribution in [1.82, 2.24) is 0 Å². The van der Waals surface area contributed by atoms with Crippen LogP contribution in [-0.4, -0.2) is 64.8 Å². The summed E-state index contributed by atoms with van der Waals surface area (Å²) in [6.45, 7) is 7.35. The van der Waals surface area contributed by atoms with Crippen LogP contribution in [0.2, 0.25) is 0 Å². The zero-order chi connectivity index (χ0) is 26.8. The summed E-state index contributed by atoms with van der Waals surface area (Å²) in [5, 5.41) is 2.31. The Balaban J connectivity index is 1.99. The van der Waals surface area contributed by atoms with Crippen molar-refractivity contribution in [3.8, 4) is 11.5 Å². The lowest BCUT2D eigenvalue weighted by atomic mass is 9.90. The van der Waals surface area contributed by atoms with Crippen LogP contribution in [0.25, 0.3) is 10.8 Å². The predicted octanol–water partition coefficient (Wildman–Crippen LogP) is 4.31. The summed E-state index contributed by atoms with van der Waals surface area (Å²) in [5.41, 5.74) is 1.79. The molecule has 0 fully saturated rings. The molecule has 0 aromatic heterocycles. The highest BCUT2D eigenvalue weighted by molar-refractivity contribution is 6.30. The molecule has 0 heterocycles. The van der Waals surface area contributed by atoms with Crippen molar-refractivity contribution in [1.29, 1.82) is 0 Å². The number of fused-ring (bicyclic) bond motifs is 2. The topological polar surface area (TPSA) is 89.5 Å². The third-order valence-electron chi connectivity index (χ3n) is 5.63. The summed E-state index contributed by atoms with van der Waals surface area (Å²) < 4.78 is 33.7. The lowest BCUT2D eigenvalue weighted by Gasteiger charge is -2.26. The van der Waals surface area contributed by atoms with Gasteiger partial charge in [-0.25, -0.2) is 9.59 Å². The number of halogens is 1. The molecule has 2 atom stereocenters. The largest absolute Gasteiger partial charge is 0.489 e. The van der Waals surface area contributed by atoms with E-state index in [1.54, 1.807) is 0 Å². The molecule has 8 nitrogen and oxygen atoms in total. The zero-order valence-electron chi connectivity index (χ0n) is 21.0. The van der Waals surface area contributed by atoms with Gasteiger partial charge >= 0.3 is 11.9 Å². The van der Waals surface area contributed by atoms with Crippen LogP contribution >= 0.6 is 11.6 Å². The van der Waals surface area contributed by atoms with Gasteiger partial charge in [0.25, 0.3) is 0 Å². The van der Waals surface area contributed by atoms with Crippen molar-refractivity contribution in [2.75, 3.05) is 40.6 Å². The minimum Gasteiger partial charge on any atom is -0.489 e. The van der Waals surface area contributed by atoms with Crippen molar-refractivity contribution in [3.05, 3.63) is 71.8 Å². The zero-order valence-corrected chi connectivity index (χ0v) is 21.8. The molecule has 198 valence electrons. The van der Waals surface area contributed by atoms with Crippen molar-refractivity contribution in [2.24, 2.45) is 0 Å². The van der Waals surface area contributed by atoms with Gasteiger partial charge in [0.2, 0.25) is 0 Å². The molecule has 0 amide bonds. The minimum atomic E-state index is -0.634. The van der Waals surface area contributed by atoms with Crippen molar-refractivity contribution in [2.45, 2.75) is 25.0 Å². The number of rotatable bonds is 14. The van der Waals surface area contributed by atoms with Crippen LogP contribution < -0.4 is 9.47 Å². The summed E-state index contributed by atoms with van der Waals surface area (Å²) in [7, 11) is 3.04. The maximum atomic E-state index is 11.8. The first-order valence-corrected chi connectivity index (χ1v) is 12.1. The van der Waals surface area contributed by atoms with E-state index in [-0.39, 0.29) is 26.4 Å². The molecule has 37 heavy (non-hydrogen) atoms. The van der Waals surface area contributed by atoms with Crippen LogP contribution in [0.1, 0.15) is 11.1 Å². The van der Waals surface area contributed by atoms with Gasteiger partial charge in [0.1, 0.15) is 24.7 Å². The Hall–Kier alpha value is -3.33. The lowest BCUT2D eigenvalue weighted by molar-refractivity contribution is -0.148. The molecular formula is C28H31ClO8. The fourth-order valence-electron chi connectivity index (χ4n) is 4.05. The van der Waals surface area contributed by atoms with E-state index < -0.39 is 24.1 Å². The van der Waals surface area contributed by atoms with Gasteiger partial charge in [-0.1, -0.05) is 55.1 Å². The fourth-order valence-corrected chi connectivity index (χ4v) is 4.26. The van der Waals surface area contributed by atoms with E-state index in [1.165, 1.54) is 14.2 Å². The molecule has 2 aromatic rings. The predicted molar refractivity (Wildman–Crippen MR) is 140 cm³/mol. The van der Waals surface area contributed by atoms with Crippen LogP contribution in [0.3, 0.4) is 0 Å². The summed E-state index contributed by atoms with van der Waals surface area (Å²) in [6.07, 6.45) is 3.84. The molecular weight excluding hydrogens is 500 g/mol. The minimum absolute atomic E-state index is 0.0683. The first-order valence-electron chi connectivity index (χ1n) is 11.7. The quantitative estimate of drug-likeness (QED) is 0.264. The van der Waals surface area contributed by atoms with E-state index in [1.807, 2.05) is 30.3 Å². The molecule has 0 saturated heterocycles. The number of hydrogen-bond acceptors (Lipinski definition) is 8. The highest BCUT2D eigenvalue weighted by Gasteiger charge is 2.26. The third kappa shape index (κ3) is 7.35. The first-order chi connectivity index (χ1) is 17.9. The second kappa shape index (κ2) is 13.8. The average Bonchev–Trinajstić information content (AvgIpc) is 2.90. The molecule has 1 aliphatic carbocycles. The van der Waals surface area contributed by atoms with Gasteiger partial charge in [0.15, 0.2) is 12.2 Å². The van der Waals surface area contributed by atoms with E-state index in [2.05, 4.69) is 13.2 Å². The number of carbonyl (C=O) groups is 2. The summed E-state index contributed by atoms with van der Waals surface area (Å²) in [6, 6.07) is 7.66. The standard InChI is InChI=1S/C28H31ClO8/c1-5-25(30)36-19(14-32-3)16-34-27-21-9-7-8-10-22(21)28(24-13-18(29)11-12-23(24)27)35-17-20(15-33-4)37-26(31)6-2/h5-11,19-20H,1-2,12-17H2,3-4H3. The maximum Gasteiger partial charge on any atom is 0.330 e. The fraction of sp³-hybridized carbons (Fsp3) is 0.357. The SMILES string of the molecule is C=CC(=O)OC(COC)COc1c2c(c(OCC(COC)OC(=O)C=C)c3ccccc13)CC(Cl)=CC2. The van der Waals surface area contributed by atoms with Gasteiger partial charge < -0.3 is 28.4 Å². The van der Waals surface area contributed by atoms with Gasteiger partial charge in [-0.3, -0.25) is 0 Å². The molecule has 2 unspecified atom stereocenters. The average molecular weight is 531 g/mol. The molecule has 1 aliphatic rings. The van der Waals surface area contributed by atoms with E-state index in [0.717, 1.165) is 34.1 Å². The van der Waals surface area contributed by atoms with E-state index >= 15 is 0 Å². The third-order valence-corrected chi connectivity index (χ3v) is 5.92. The van der Waals surface area contributed by atoms with Crippen molar-refractivity contribution >= 4 is 34.3 Å². The van der Waals surface area contributed by atoms with Gasteiger partial charge in [0.05, 0.1) is 13.2 Å². The first kappa shape index (κ1) is 28.2. The lowest BCUT2D eigenvalue weighted by Crippen LogP contribution is -2.29. The maximum absolute atomic E-state index is 11.8. The van der Waals surface area contributed by atoms with Crippen LogP contribution in [-0.2, 0) is 41.4 Å². The summed E-state index contributed by atoms with van der Waals surface area (Å²) in [5.74, 6) is 0.168. The molecule has 9 heteroatoms. The van der Waals surface area contributed by atoms with Crippen LogP contribution in [0, 0.1) is 0 Å². The van der Waals surface area contributed by atoms with Gasteiger partial charge in [-0.05, 0) is 6.42 Å².